The molecule has 0 aliphatic heterocycles. The zero-order valence-corrected chi connectivity index (χ0v) is 13.5. The summed E-state index contributed by atoms with van der Waals surface area (Å²) < 4.78 is 5.17. The van der Waals surface area contributed by atoms with E-state index >= 15 is 0 Å². The minimum atomic E-state index is -0.375. The number of amides is 2. The van der Waals surface area contributed by atoms with Crippen LogP contribution in [-0.2, 0) is 4.74 Å². The topological polar surface area (TPSA) is 67.4 Å². The number of hydrogen-bond donors (Lipinski definition) is 2. The molecule has 6 heteroatoms. The molecule has 1 rings (SSSR count). The van der Waals surface area contributed by atoms with Crippen molar-refractivity contribution >= 4 is 29.4 Å². The number of hydrogen-bond acceptors (Lipinski definition) is 4. The van der Waals surface area contributed by atoms with E-state index in [-0.39, 0.29) is 18.0 Å². The smallest absolute Gasteiger partial charge is 0.338 e. The first-order valence-electron chi connectivity index (χ1n) is 6.95. The highest BCUT2D eigenvalue weighted by molar-refractivity contribution is 7.99. The molecule has 0 radical (unpaired) electrons. The number of carbonyl (C=O) groups excluding carboxylic acids is 2. The van der Waals surface area contributed by atoms with Crippen molar-refractivity contribution in [3.63, 3.8) is 0 Å². The second-order valence-electron chi connectivity index (χ2n) is 4.67. The van der Waals surface area contributed by atoms with Gasteiger partial charge in [0.15, 0.2) is 0 Å². The van der Waals surface area contributed by atoms with Crippen molar-refractivity contribution in [1.82, 2.24) is 5.32 Å². The van der Waals surface area contributed by atoms with Crippen LogP contribution in [0.15, 0.2) is 24.3 Å². The number of benzene rings is 1. The summed E-state index contributed by atoms with van der Waals surface area (Å²) in [5, 5.41) is 5.40. The molecule has 0 fully saturated rings. The SMILES string of the molecule is CCSCCOC(=O)c1cccc(NC(=O)NC(C)C)c1. The zero-order chi connectivity index (χ0) is 15.7. The Morgan fingerprint density at radius 3 is 2.76 bits per heavy atom. The molecule has 0 aromatic heterocycles. The summed E-state index contributed by atoms with van der Waals surface area (Å²) in [6.07, 6.45) is 0. The summed E-state index contributed by atoms with van der Waals surface area (Å²) in [6, 6.07) is 6.46. The van der Waals surface area contributed by atoms with Gasteiger partial charge in [0.25, 0.3) is 0 Å². The van der Waals surface area contributed by atoms with E-state index in [0.717, 1.165) is 11.5 Å². The Hall–Kier alpha value is -1.69. The third kappa shape index (κ3) is 7.04. The molecule has 0 heterocycles. The van der Waals surface area contributed by atoms with Crippen LogP contribution < -0.4 is 10.6 Å². The minimum Gasteiger partial charge on any atom is -0.461 e. The standard InChI is InChI=1S/C15H22N2O3S/c1-4-21-9-8-20-14(18)12-6-5-7-13(10-12)17-15(19)16-11(2)3/h5-7,10-11H,4,8-9H2,1-3H3,(H2,16,17,19). The maximum atomic E-state index is 11.9. The summed E-state index contributed by atoms with van der Waals surface area (Å²) >= 11 is 1.72. The summed E-state index contributed by atoms with van der Waals surface area (Å²) in [7, 11) is 0. The fraction of sp³-hybridized carbons (Fsp3) is 0.467. The first kappa shape index (κ1) is 17.4. The second kappa shape index (κ2) is 9.28. The van der Waals surface area contributed by atoms with Crippen molar-refractivity contribution < 1.29 is 14.3 Å². The molecule has 1 aromatic carbocycles. The fourth-order valence-electron chi connectivity index (χ4n) is 1.57. The van der Waals surface area contributed by atoms with Gasteiger partial charge >= 0.3 is 12.0 Å². The number of urea groups is 1. The van der Waals surface area contributed by atoms with E-state index < -0.39 is 0 Å². The molecule has 21 heavy (non-hydrogen) atoms. The highest BCUT2D eigenvalue weighted by atomic mass is 32.2. The van der Waals surface area contributed by atoms with Crippen molar-refractivity contribution in [3.05, 3.63) is 29.8 Å². The number of rotatable bonds is 7. The lowest BCUT2D eigenvalue weighted by Gasteiger charge is -2.11. The van der Waals surface area contributed by atoms with Gasteiger partial charge in [-0.1, -0.05) is 13.0 Å². The molecule has 0 spiro atoms. The molecule has 5 nitrogen and oxygen atoms in total. The second-order valence-corrected chi connectivity index (χ2v) is 6.06. The number of carbonyl (C=O) groups is 2. The molecule has 1 aromatic rings. The summed E-state index contributed by atoms with van der Waals surface area (Å²) in [5.74, 6) is 1.42. The molecule has 2 amide bonds. The molecule has 0 bridgehead atoms. The fourth-order valence-corrected chi connectivity index (χ4v) is 2.06. The van der Waals surface area contributed by atoms with Crippen LogP contribution in [0.25, 0.3) is 0 Å². The van der Waals surface area contributed by atoms with Gasteiger partial charge in [-0.05, 0) is 37.8 Å². The van der Waals surface area contributed by atoms with Crippen LogP contribution in [-0.4, -0.2) is 36.2 Å². The van der Waals surface area contributed by atoms with Gasteiger partial charge in [0.2, 0.25) is 0 Å². The molecular formula is C15H22N2O3S. The predicted octanol–water partition coefficient (Wildman–Crippen LogP) is 3.13. The highest BCUT2D eigenvalue weighted by Crippen LogP contribution is 2.12. The van der Waals surface area contributed by atoms with Crippen LogP contribution in [0.4, 0.5) is 10.5 Å². The summed E-state index contributed by atoms with van der Waals surface area (Å²) in [4.78, 5) is 23.5. The van der Waals surface area contributed by atoms with Gasteiger partial charge in [-0.15, -0.1) is 0 Å². The monoisotopic (exact) mass is 310 g/mol. The third-order valence-electron chi connectivity index (χ3n) is 2.44. The molecule has 0 unspecified atom stereocenters. The molecule has 116 valence electrons. The minimum absolute atomic E-state index is 0.0502. The van der Waals surface area contributed by atoms with E-state index in [4.69, 9.17) is 4.74 Å². The van der Waals surface area contributed by atoms with Crippen LogP contribution in [0.1, 0.15) is 31.1 Å². The Balaban J connectivity index is 2.55. The first-order chi connectivity index (χ1) is 10.0. The van der Waals surface area contributed by atoms with Gasteiger partial charge in [-0.2, -0.15) is 11.8 Å². The van der Waals surface area contributed by atoms with Gasteiger partial charge in [0.1, 0.15) is 6.61 Å². The summed E-state index contributed by atoms with van der Waals surface area (Å²) in [5.41, 5.74) is 0.990. The predicted molar refractivity (Wildman–Crippen MR) is 87.0 cm³/mol. The number of nitrogens with one attached hydrogen (secondary N) is 2. The molecule has 0 aliphatic rings. The van der Waals surface area contributed by atoms with Crippen LogP contribution in [0.3, 0.4) is 0 Å². The Labute approximate surface area is 129 Å². The first-order valence-corrected chi connectivity index (χ1v) is 8.10. The average Bonchev–Trinajstić information content (AvgIpc) is 2.42. The van der Waals surface area contributed by atoms with E-state index in [1.807, 2.05) is 13.8 Å². The van der Waals surface area contributed by atoms with Crippen molar-refractivity contribution in [3.8, 4) is 0 Å². The maximum absolute atomic E-state index is 11.9. The lowest BCUT2D eigenvalue weighted by atomic mass is 10.2. The Bertz CT molecular complexity index is 478. The Morgan fingerprint density at radius 1 is 1.33 bits per heavy atom. The van der Waals surface area contributed by atoms with E-state index in [9.17, 15) is 9.59 Å². The van der Waals surface area contributed by atoms with E-state index in [1.165, 1.54) is 0 Å². The largest absolute Gasteiger partial charge is 0.461 e. The van der Waals surface area contributed by atoms with E-state index in [2.05, 4.69) is 17.6 Å². The van der Waals surface area contributed by atoms with E-state index in [0.29, 0.717) is 17.9 Å². The quantitative estimate of drug-likeness (QED) is 0.600. The van der Waals surface area contributed by atoms with Crippen LogP contribution in [0, 0.1) is 0 Å². The Morgan fingerprint density at radius 2 is 2.10 bits per heavy atom. The number of anilines is 1. The van der Waals surface area contributed by atoms with Crippen LogP contribution in [0.2, 0.25) is 0 Å². The summed E-state index contributed by atoms with van der Waals surface area (Å²) in [6.45, 7) is 6.20. The normalized spacial score (nSPS) is 10.3. The van der Waals surface area contributed by atoms with Crippen molar-refractivity contribution in [1.29, 1.82) is 0 Å². The lowest BCUT2D eigenvalue weighted by molar-refractivity contribution is 0.0530. The molecule has 0 aliphatic carbocycles. The van der Waals surface area contributed by atoms with Crippen molar-refractivity contribution in [2.45, 2.75) is 26.8 Å². The van der Waals surface area contributed by atoms with Gasteiger partial charge in [-0.3, -0.25) is 0 Å². The highest BCUT2D eigenvalue weighted by Gasteiger charge is 2.09. The van der Waals surface area contributed by atoms with Crippen LogP contribution >= 0.6 is 11.8 Å². The third-order valence-corrected chi connectivity index (χ3v) is 3.30. The molecule has 0 saturated carbocycles. The number of esters is 1. The molecular weight excluding hydrogens is 288 g/mol. The van der Waals surface area contributed by atoms with Gasteiger partial charge < -0.3 is 15.4 Å². The molecule has 2 N–H and O–H groups in total. The van der Waals surface area contributed by atoms with E-state index in [1.54, 1.807) is 36.0 Å². The van der Waals surface area contributed by atoms with Gasteiger partial charge in [-0.25, -0.2) is 9.59 Å². The zero-order valence-electron chi connectivity index (χ0n) is 12.6. The number of ether oxygens (including phenoxy) is 1. The Kier molecular flexibility index (Phi) is 7.68. The number of thioether (sulfide) groups is 1. The van der Waals surface area contributed by atoms with Gasteiger partial charge in [0.05, 0.1) is 5.56 Å². The van der Waals surface area contributed by atoms with Crippen LogP contribution in [0.5, 0.6) is 0 Å². The average molecular weight is 310 g/mol. The maximum Gasteiger partial charge on any atom is 0.338 e. The van der Waals surface area contributed by atoms with Crippen molar-refractivity contribution in [2.24, 2.45) is 0 Å². The van der Waals surface area contributed by atoms with Crippen molar-refractivity contribution in [2.75, 3.05) is 23.4 Å². The molecule has 0 atom stereocenters. The lowest BCUT2D eigenvalue weighted by Crippen LogP contribution is -2.34. The molecule has 0 saturated heterocycles. The van der Waals surface area contributed by atoms with Gasteiger partial charge in [0, 0.05) is 17.5 Å².